The van der Waals surface area contributed by atoms with Crippen LogP contribution in [0.3, 0.4) is 0 Å². The van der Waals surface area contributed by atoms with Gasteiger partial charge in [-0.15, -0.1) is 0 Å². The van der Waals surface area contributed by atoms with E-state index in [0.717, 1.165) is 30.7 Å². The number of likely N-dealkylation sites (N-methyl/N-ethyl adjacent to an activating group) is 1. The van der Waals surface area contributed by atoms with Crippen molar-refractivity contribution in [3.05, 3.63) is 34.9 Å². The maximum Gasteiger partial charge on any atom is 0.137 e. The van der Waals surface area contributed by atoms with Gasteiger partial charge in [0, 0.05) is 104 Å². The first kappa shape index (κ1) is 73.3. The molecule has 5 aliphatic heterocycles. The highest BCUT2D eigenvalue weighted by molar-refractivity contribution is 5.83. The molecule has 0 N–H and O–H groups in total. The molecule has 6 rings (SSSR count). The molecule has 1 atom stereocenters. The first-order valence-corrected chi connectivity index (χ1v) is 30.6. The number of aryl methyl sites for hydroxylation is 1. The summed E-state index contributed by atoms with van der Waals surface area (Å²) in [5, 5.41) is 0. The lowest BCUT2D eigenvalue weighted by Gasteiger charge is -2.47. The lowest BCUT2D eigenvalue weighted by molar-refractivity contribution is -0.126. The van der Waals surface area contributed by atoms with Crippen molar-refractivity contribution in [1.29, 1.82) is 0 Å². The third-order valence-electron chi connectivity index (χ3n) is 16.7. The van der Waals surface area contributed by atoms with E-state index < -0.39 is 0 Å². The minimum absolute atomic E-state index is 0.130. The minimum atomic E-state index is -0.139. The molecular formula is C67H132N6O2. The van der Waals surface area contributed by atoms with Crippen LogP contribution >= 0.6 is 0 Å². The van der Waals surface area contributed by atoms with Gasteiger partial charge in [0.1, 0.15) is 11.6 Å². The van der Waals surface area contributed by atoms with Crippen molar-refractivity contribution >= 4 is 11.6 Å². The molecule has 0 saturated carbocycles. The Morgan fingerprint density at radius 1 is 0.453 bits per heavy atom. The van der Waals surface area contributed by atoms with E-state index in [4.69, 9.17) is 0 Å². The summed E-state index contributed by atoms with van der Waals surface area (Å²) in [5.74, 6) is 3.53. The fraction of sp³-hybridized carbons (Fsp3) is 0.881. The molecule has 8 heteroatoms. The lowest BCUT2D eigenvalue weighted by Crippen LogP contribution is -2.55. The van der Waals surface area contributed by atoms with Crippen molar-refractivity contribution < 1.29 is 9.59 Å². The van der Waals surface area contributed by atoms with E-state index in [-0.39, 0.29) is 16.6 Å². The van der Waals surface area contributed by atoms with Crippen molar-refractivity contribution in [3.8, 4) is 0 Å². The molecule has 75 heavy (non-hydrogen) atoms. The summed E-state index contributed by atoms with van der Waals surface area (Å²) in [6, 6.07) is 7.01. The number of Topliss-reactive ketones (excluding diaryl/α,β-unsaturated/α-hetero) is 2. The van der Waals surface area contributed by atoms with Crippen LogP contribution in [0.5, 0.6) is 0 Å². The number of carbonyl (C=O) groups excluding carboxylic acids is 2. The van der Waals surface area contributed by atoms with Crippen molar-refractivity contribution in [2.24, 2.45) is 28.6 Å². The number of fused-ring (bicyclic) bond motifs is 1. The summed E-state index contributed by atoms with van der Waals surface area (Å²) < 4.78 is 0. The van der Waals surface area contributed by atoms with Crippen LogP contribution in [-0.4, -0.2) is 148 Å². The summed E-state index contributed by atoms with van der Waals surface area (Å²) in [6.45, 7) is 73.8. The Balaban J connectivity index is 0.000000865. The molecule has 8 nitrogen and oxygen atoms in total. The number of carbonyl (C=O) groups is 2. The first-order chi connectivity index (χ1) is 34.0. The van der Waals surface area contributed by atoms with E-state index in [0.29, 0.717) is 39.9 Å². The summed E-state index contributed by atoms with van der Waals surface area (Å²) in [4.78, 5) is 36.6. The van der Waals surface area contributed by atoms with Crippen LogP contribution in [0.15, 0.2) is 18.2 Å². The molecule has 442 valence electrons. The summed E-state index contributed by atoms with van der Waals surface area (Å²) in [7, 11) is 2.19. The number of piperazine rings is 1. The van der Waals surface area contributed by atoms with Gasteiger partial charge in [0.05, 0.1) is 0 Å². The van der Waals surface area contributed by atoms with Crippen LogP contribution in [0.4, 0.5) is 0 Å². The second-order valence-corrected chi connectivity index (χ2v) is 30.1. The second kappa shape index (κ2) is 32.5. The highest BCUT2D eigenvalue weighted by Crippen LogP contribution is 2.29. The van der Waals surface area contributed by atoms with Gasteiger partial charge in [-0.05, 0) is 204 Å². The Hall–Kier alpha value is -1.68. The molecule has 1 unspecified atom stereocenters. The van der Waals surface area contributed by atoms with Gasteiger partial charge in [0.15, 0.2) is 0 Å². The molecule has 0 spiro atoms. The van der Waals surface area contributed by atoms with E-state index in [1.165, 1.54) is 128 Å². The van der Waals surface area contributed by atoms with Gasteiger partial charge in [0.2, 0.25) is 0 Å². The van der Waals surface area contributed by atoms with Crippen LogP contribution in [0.2, 0.25) is 0 Å². The Kier molecular flexibility index (Phi) is 31.8. The van der Waals surface area contributed by atoms with Crippen molar-refractivity contribution in [1.82, 2.24) is 29.4 Å². The zero-order valence-electron chi connectivity index (χ0n) is 55.8. The average molecular weight is 1050 g/mol. The molecule has 5 heterocycles. The zero-order valence-corrected chi connectivity index (χ0v) is 55.8. The van der Waals surface area contributed by atoms with Crippen LogP contribution in [0.25, 0.3) is 0 Å². The smallest absolute Gasteiger partial charge is 0.137 e. The van der Waals surface area contributed by atoms with Gasteiger partial charge in [0.25, 0.3) is 0 Å². The molecule has 5 aliphatic rings. The van der Waals surface area contributed by atoms with Crippen LogP contribution in [0, 0.1) is 28.6 Å². The molecule has 4 saturated heterocycles. The number of hydrogen-bond acceptors (Lipinski definition) is 8. The number of hydrogen-bond donors (Lipinski definition) is 0. The normalized spacial score (nSPS) is 20.3. The highest BCUT2D eigenvalue weighted by atomic mass is 16.1. The molecule has 1 aromatic carbocycles. The fourth-order valence-corrected chi connectivity index (χ4v) is 9.57. The average Bonchev–Trinajstić information content (AvgIpc) is 3.79. The minimum Gasteiger partial charge on any atom is -0.304 e. The first-order valence-electron chi connectivity index (χ1n) is 30.6. The van der Waals surface area contributed by atoms with Crippen LogP contribution in [0.1, 0.15) is 249 Å². The Bertz CT molecular complexity index is 1690. The molecule has 0 aromatic heterocycles. The fourth-order valence-electron chi connectivity index (χ4n) is 9.57. The van der Waals surface area contributed by atoms with Crippen LogP contribution in [-0.2, 0) is 29.0 Å². The number of ketones is 2. The van der Waals surface area contributed by atoms with E-state index in [1.807, 2.05) is 48.5 Å². The quantitative estimate of drug-likeness (QED) is 0.289. The maximum atomic E-state index is 10.8. The number of benzene rings is 1. The number of nitrogens with zero attached hydrogens (tertiary/aromatic N) is 6. The zero-order chi connectivity index (χ0) is 58.6. The Labute approximate surface area is 470 Å². The van der Waals surface area contributed by atoms with Gasteiger partial charge in [-0.25, -0.2) is 0 Å². The van der Waals surface area contributed by atoms with E-state index in [9.17, 15) is 9.59 Å². The Morgan fingerprint density at radius 3 is 1.16 bits per heavy atom. The third kappa shape index (κ3) is 29.9. The predicted molar refractivity (Wildman–Crippen MR) is 333 cm³/mol. The highest BCUT2D eigenvalue weighted by Gasteiger charge is 2.33. The van der Waals surface area contributed by atoms with Crippen molar-refractivity contribution in [3.63, 3.8) is 0 Å². The summed E-state index contributed by atoms with van der Waals surface area (Å²) in [6.07, 6.45) is 11.3. The molecule has 4 fully saturated rings. The van der Waals surface area contributed by atoms with Gasteiger partial charge >= 0.3 is 0 Å². The lowest BCUT2D eigenvalue weighted by atomic mass is 9.90. The monoisotopic (exact) mass is 1050 g/mol. The maximum absolute atomic E-state index is 10.8. The molecule has 0 aliphatic carbocycles. The van der Waals surface area contributed by atoms with Gasteiger partial charge in [-0.1, -0.05) is 114 Å². The third-order valence-corrected chi connectivity index (χ3v) is 16.7. The largest absolute Gasteiger partial charge is 0.304 e. The van der Waals surface area contributed by atoms with Crippen molar-refractivity contribution in [2.75, 3.05) is 79.0 Å². The van der Waals surface area contributed by atoms with Crippen molar-refractivity contribution in [2.45, 2.75) is 279 Å². The van der Waals surface area contributed by atoms with E-state index >= 15 is 0 Å². The number of piperidine rings is 1. The Morgan fingerprint density at radius 2 is 0.840 bits per heavy atom. The topological polar surface area (TPSA) is 53.6 Å². The molecular weight excluding hydrogens is 921 g/mol. The van der Waals surface area contributed by atoms with Gasteiger partial charge in [-0.3, -0.25) is 34.1 Å². The molecule has 1 aromatic rings. The summed E-state index contributed by atoms with van der Waals surface area (Å²) in [5.41, 5.74) is 6.15. The molecule has 0 radical (unpaired) electrons. The SMILES string of the molecule is CC(=O)C(C)(C)C.CCC(=O)C(C)(C)C.CCC1CCN(C(C)(C)C)C1.CCC1CCN(C(C)(C)C)CC1.CCC1CN(C(C)(C)C)C1.CCc1ccc2c(c1)CCN(C(C)(C)C)C2.CN1CCN(C(C)(C)C)CC1. The van der Waals surface area contributed by atoms with E-state index in [1.54, 1.807) is 12.5 Å². The van der Waals surface area contributed by atoms with Gasteiger partial charge < -0.3 is 4.90 Å². The number of likely N-dealkylation sites (tertiary alicyclic amines) is 3. The van der Waals surface area contributed by atoms with Gasteiger partial charge in [-0.2, -0.15) is 0 Å². The predicted octanol–water partition coefficient (Wildman–Crippen LogP) is 15.6. The second-order valence-electron chi connectivity index (χ2n) is 30.1. The summed E-state index contributed by atoms with van der Waals surface area (Å²) >= 11 is 0. The van der Waals surface area contributed by atoms with Crippen LogP contribution < -0.4 is 0 Å². The standard InChI is InChI=1S/C15H23N.C11H23N.C10H21N.C9H20N2.C9H19N.C7H14O.C6H12O/c1-5-12-6-7-14-11-16(15(2,3)4)9-8-13(14)10-12;1-5-10-6-8-12(9-7-10)11(2,3)4;1-5-9-6-7-11(8-9)10(2,3)4;1-9(2,3)11-7-5-10(4)6-8-11;1-5-8-6-10(7-8)9(2,3)4;1-5-6(8)7(2,3)4;1-5(7)6(2,3)4/h6-7,10H,5,8-9,11H2,1-4H3;10H,5-9H2,1-4H3;9H,5-8H2,1-4H3;5-8H2,1-4H3;8H,5-7H2,1-4H3;5H2,1-4H3;1-4H3. The molecule has 0 bridgehead atoms. The number of rotatable bonds is 5. The molecule has 0 amide bonds. The van der Waals surface area contributed by atoms with E-state index in [2.05, 4.69) is 186 Å².